The molecule has 1 aromatic carbocycles. The van der Waals surface area contributed by atoms with Crippen LogP contribution >= 0.6 is 0 Å². The van der Waals surface area contributed by atoms with E-state index in [2.05, 4.69) is 0 Å². The molecule has 0 aliphatic carbocycles. The fourth-order valence-electron chi connectivity index (χ4n) is 2.06. The second kappa shape index (κ2) is 4.23. The molecule has 1 aromatic rings. The Labute approximate surface area is 94.1 Å². The molecule has 1 aliphatic heterocycles. The smallest absolute Gasteiger partial charge is 0.229 e. The van der Waals surface area contributed by atoms with Crippen molar-refractivity contribution in [3.63, 3.8) is 0 Å². The summed E-state index contributed by atoms with van der Waals surface area (Å²) in [5, 5.41) is 18.6. The second-order valence-electron chi connectivity index (χ2n) is 4.08. The lowest BCUT2D eigenvalue weighted by Gasteiger charge is -2.19. The molecule has 0 aromatic heterocycles. The van der Waals surface area contributed by atoms with E-state index in [0.717, 1.165) is 16.8 Å². The molecule has 4 heteroatoms. The van der Waals surface area contributed by atoms with Crippen LogP contribution in [0.3, 0.4) is 0 Å². The van der Waals surface area contributed by atoms with E-state index in [1.54, 1.807) is 4.90 Å². The van der Waals surface area contributed by atoms with Gasteiger partial charge in [-0.05, 0) is 24.1 Å². The highest BCUT2D eigenvalue weighted by atomic mass is 16.3. The molecule has 1 fully saturated rings. The van der Waals surface area contributed by atoms with Crippen LogP contribution in [-0.2, 0) is 11.4 Å². The number of carbonyl (C=O) groups excluding carboxylic acids is 1. The highest BCUT2D eigenvalue weighted by Gasteiger charge is 2.30. The molecule has 0 saturated carbocycles. The van der Waals surface area contributed by atoms with Gasteiger partial charge in [-0.3, -0.25) is 4.79 Å². The lowest BCUT2D eigenvalue weighted by Crippen LogP contribution is -2.26. The number of hydrogen-bond donors (Lipinski definition) is 2. The average Bonchev–Trinajstić information content (AvgIpc) is 2.58. The molecule has 1 saturated heterocycles. The number of rotatable bonds is 2. The van der Waals surface area contributed by atoms with Gasteiger partial charge in [0.2, 0.25) is 5.91 Å². The number of aliphatic hydroxyl groups is 2. The molecule has 4 nitrogen and oxygen atoms in total. The van der Waals surface area contributed by atoms with Crippen LogP contribution in [0, 0.1) is 6.92 Å². The van der Waals surface area contributed by atoms with E-state index in [1.165, 1.54) is 0 Å². The largest absolute Gasteiger partial charge is 0.392 e. The van der Waals surface area contributed by atoms with E-state index in [0.29, 0.717) is 6.54 Å². The fourth-order valence-corrected chi connectivity index (χ4v) is 2.06. The monoisotopic (exact) mass is 221 g/mol. The van der Waals surface area contributed by atoms with E-state index < -0.39 is 6.10 Å². The Morgan fingerprint density at radius 1 is 1.50 bits per heavy atom. The van der Waals surface area contributed by atoms with Crippen LogP contribution in [0.25, 0.3) is 0 Å². The number of amides is 1. The van der Waals surface area contributed by atoms with Gasteiger partial charge in [-0.1, -0.05) is 12.1 Å². The van der Waals surface area contributed by atoms with Crippen LogP contribution in [0.2, 0.25) is 0 Å². The van der Waals surface area contributed by atoms with E-state index in [4.69, 9.17) is 5.11 Å². The maximum Gasteiger partial charge on any atom is 0.229 e. The van der Waals surface area contributed by atoms with Crippen molar-refractivity contribution in [3.8, 4) is 0 Å². The SMILES string of the molecule is Cc1c(CO)cccc1N1CC(O)CC1=O. The van der Waals surface area contributed by atoms with Crippen LogP contribution in [-0.4, -0.2) is 28.8 Å². The van der Waals surface area contributed by atoms with Crippen molar-refractivity contribution in [2.24, 2.45) is 0 Å². The first kappa shape index (κ1) is 11.1. The number of aliphatic hydroxyl groups excluding tert-OH is 2. The highest BCUT2D eigenvalue weighted by molar-refractivity contribution is 5.96. The van der Waals surface area contributed by atoms with Crippen LogP contribution in [0.5, 0.6) is 0 Å². The number of β-amino-alcohol motifs (C(OH)–C–C–N with tert-alkyl or cyclic N) is 1. The van der Waals surface area contributed by atoms with Crippen molar-refractivity contribution in [3.05, 3.63) is 29.3 Å². The normalized spacial score (nSPS) is 20.6. The van der Waals surface area contributed by atoms with Crippen LogP contribution in [0.15, 0.2) is 18.2 Å². The fraction of sp³-hybridized carbons (Fsp3) is 0.417. The molecule has 86 valence electrons. The zero-order valence-electron chi connectivity index (χ0n) is 9.18. The minimum atomic E-state index is -0.579. The number of nitrogens with zero attached hydrogens (tertiary/aromatic N) is 1. The summed E-state index contributed by atoms with van der Waals surface area (Å²) >= 11 is 0. The molecule has 1 unspecified atom stereocenters. The van der Waals surface area contributed by atoms with Crippen molar-refractivity contribution in [2.75, 3.05) is 11.4 Å². The summed E-state index contributed by atoms with van der Waals surface area (Å²) in [5.41, 5.74) is 2.49. The van der Waals surface area contributed by atoms with Gasteiger partial charge in [0.15, 0.2) is 0 Å². The van der Waals surface area contributed by atoms with Crippen LogP contribution < -0.4 is 4.90 Å². The first-order chi connectivity index (χ1) is 7.63. The van der Waals surface area contributed by atoms with Gasteiger partial charge in [0.05, 0.1) is 25.7 Å². The molecule has 0 bridgehead atoms. The van der Waals surface area contributed by atoms with Gasteiger partial charge in [0.1, 0.15) is 0 Å². The first-order valence-electron chi connectivity index (χ1n) is 5.31. The molecule has 1 amide bonds. The molecule has 1 aliphatic rings. The Morgan fingerprint density at radius 3 is 2.81 bits per heavy atom. The van der Waals surface area contributed by atoms with E-state index in [9.17, 15) is 9.90 Å². The zero-order valence-corrected chi connectivity index (χ0v) is 9.18. The predicted molar refractivity (Wildman–Crippen MR) is 60.1 cm³/mol. The van der Waals surface area contributed by atoms with Gasteiger partial charge >= 0.3 is 0 Å². The average molecular weight is 221 g/mol. The highest BCUT2D eigenvalue weighted by Crippen LogP contribution is 2.27. The van der Waals surface area contributed by atoms with Crippen molar-refractivity contribution < 1.29 is 15.0 Å². The Kier molecular flexibility index (Phi) is 2.94. The second-order valence-corrected chi connectivity index (χ2v) is 4.08. The lowest BCUT2D eigenvalue weighted by atomic mass is 10.1. The maximum atomic E-state index is 11.6. The Morgan fingerprint density at radius 2 is 2.25 bits per heavy atom. The third kappa shape index (κ3) is 1.81. The van der Waals surface area contributed by atoms with Crippen LogP contribution in [0.1, 0.15) is 17.5 Å². The molecule has 1 atom stereocenters. The van der Waals surface area contributed by atoms with Gasteiger partial charge in [0, 0.05) is 5.69 Å². The van der Waals surface area contributed by atoms with Gasteiger partial charge in [-0.15, -0.1) is 0 Å². The summed E-state index contributed by atoms with van der Waals surface area (Å²) in [6.07, 6.45) is -0.396. The standard InChI is InChI=1S/C12H15NO3/c1-8-9(7-14)3-2-4-11(8)13-6-10(15)5-12(13)16/h2-4,10,14-15H,5-7H2,1H3. The summed E-state index contributed by atoms with van der Waals surface area (Å²) in [6.45, 7) is 2.18. The number of hydrogen-bond acceptors (Lipinski definition) is 3. The van der Waals surface area contributed by atoms with Gasteiger partial charge in [-0.25, -0.2) is 0 Å². The van der Waals surface area contributed by atoms with Crippen molar-refractivity contribution in [1.82, 2.24) is 0 Å². The topological polar surface area (TPSA) is 60.8 Å². The lowest BCUT2D eigenvalue weighted by molar-refractivity contribution is -0.117. The predicted octanol–water partition coefficient (Wildman–Crippen LogP) is 0.585. The molecule has 2 rings (SSSR count). The summed E-state index contributed by atoms with van der Waals surface area (Å²) in [4.78, 5) is 13.2. The van der Waals surface area contributed by atoms with Crippen molar-refractivity contribution in [2.45, 2.75) is 26.1 Å². The summed E-state index contributed by atoms with van der Waals surface area (Å²) in [7, 11) is 0. The third-order valence-electron chi connectivity index (χ3n) is 2.98. The molecule has 2 N–H and O–H groups in total. The molecule has 0 spiro atoms. The van der Waals surface area contributed by atoms with E-state index >= 15 is 0 Å². The van der Waals surface area contributed by atoms with Crippen molar-refractivity contribution in [1.29, 1.82) is 0 Å². The molecular weight excluding hydrogens is 206 g/mol. The molecule has 1 heterocycles. The minimum absolute atomic E-state index is 0.0374. The summed E-state index contributed by atoms with van der Waals surface area (Å²) in [6, 6.07) is 5.48. The number of carbonyl (C=O) groups is 1. The quantitative estimate of drug-likeness (QED) is 0.768. The minimum Gasteiger partial charge on any atom is -0.392 e. The molecule has 16 heavy (non-hydrogen) atoms. The van der Waals surface area contributed by atoms with Crippen molar-refractivity contribution >= 4 is 11.6 Å². The first-order valence-corrected chi connectivity index (χ1v) is 5.31. The Balaban J connectivity index is 2.37. The number of anilines is 1. The van der Waals surface area contributed by atoms with Gasteiger partial charge in [0.25, 0.3) is 0 Å². The molecular formula is C12H15NO3. The Bertz CT molecular complexity index is 417. The van der Waals surface area contributed by atoms with E-state index in [-0.39, 0.29) is 18.9 Å². The van der Waals surface area contributed by atoms with E-state index in [1.807, 2.05) is 25.1 Å². The van der Waals surface area contributed by atoms with Gasteiger partial charge < -0.3 is 15.1 Å². The van der Waals surface area contributed by atoms with Gasteiger partial charge in [-0.2, -0.15) is 0 Å². The summed E-state index contributed by atoms with van der Waals surface area (Å²) in [5.74, 6) is -0.0642. The number of benzene rings is 1. The maximum absolute atomic E-state index is 11.6. The van der Waals surface area contributed by atoms with Crippen LogP contribution in [0.4, 0.5) is 5.69 Å². The molecule has 0 radical (unpaired) electrons. The Hall–Kier alpha value is -1.39. The summed E-state index contributed by atoms with van der Waals surface area (Å²) < 4.78 is 0. The third-order valence-corrected chi connectivity index (χ3v) is 2.98. The zero-order chi connectivity index (χ0) is 11.7.